The number of halogens is 1. The van der Waals surface area contributed by atoms with Crippen molar-refractivity contribution in [3.63, 3.8) is 0 Å². The van der Waals surface area contributed by atoms with Crippen LogP contribution in [0.15, 0.2) is 60.7 Å². The molecule has 0 radical (unpaired) electrons. The van der Waals surface area contributed by atoms with Gasteiger partial charge in [-0.1, -0.05) is 23.7 Å². The Hall–Kier alpha value is -2.89. The van der Waals surface area contributed by atoms with Crippen LogP contribution in [0.5, 0.6) is 5.75 Å². The molecule has 2 heterocycles. The molecule has 0 unspecified atom stereocenters. The van der Waals surface area contributed by atoms with Crippen molar-refractivity contribution in [2.24, 2.45) is 0 Å². The second-order valence-electron chi connectivity index (χ2n) is 5.96. The summed E-state index contributed by atoms with van der Waals surface area (Å²) in [6.45, 7) is 0. The summed E-state index contributed by atoms with van der Waals surface area (Å²) in [5.41, 5.74) is 9.04. The van der Waals surface area contributed by atoms with E-state index >= 15 is 0 Å². The highest BCUT2D eigenvalue weighted by atomic mass is 35.5. The van der Waals surface area contributed by atoms with E-state index in [-0.39, 0.29) is 5.78 Å². The van der Waals surface area contributed by atoms with E-state index in [2.05, 4.69) is 4.98 Å². The average Bonchev–Trinajstić information content (AvgIpc) is 3.04. The van der Waals surface area contributed by atoms with Gasteiger partial charge in [0, 0.05) is 21.5 Å². The topological polar surface area (TPSA) is 65.2 Å². The van der Waals surface area contributed by atoms with Crippen LogP contribution in [0.2, 0.25) is 5.02 Å². The maximum atomic E-state index is 12.9. The number of hydrogen-bond donors (Lipinski definition) is 1. The van der Waals surface area contributed by atoms with E-state index in [9.17, 15) is 4.79 Å². The lowest BCUT2D eigenvalue weighted by Gasteiger charge is -2.02. The normalized spacial score (nSPS) is 10.9. The van der Waals surface area contributed by atoms with E-state index in [0.717, 1.165) is 21.5 Å². The van der Waals surface area contributed by atoms with Gasteiger partial charge in [0.1, 0.15) is 15.5 Å². The molecule has 4 nitrogen and oxygen atoms in total. The summed E-state index contributed by atoms with van der Waals surface area (Å²) in [7, 11) is 1.59. The zero-order valence-corrected chi connectivity index (χ0v) is 16.0. The number of anilines is 1. The monoisotopic (exact) mass is 394 g/mol. The zero-order valence-electron chi connectivity index (χ0n) is 14.4. The number of carbonyl (C=O) groups excluding carboxylic acids is 1. The minimum Gasteiger partial charge on any atom is -0.497 e. The van der Waals surface area contributed by atoms with Gasteiger partial charge in [0.05, 0.1) is 18.5 Å². The SMILES string of the molecule is COc1ccc(C(=O)c2sc3nc(-c4ccc(Cl)cc4)ccc3c2N)cc1. The molecule has 4 aromatic rings. The van der Waals surface area contributed by atoms with Crippen LogP contribution in [0, 0.1) is 0 Å². The van der Waals surface area contributed by atoms with Crippen LogP contribution in [0.4, 0.5) is 5.69 Å². The largest absolute Gasteiger partial charge is 0.497 e. The van der Waals surface area contributed by atoms with E-state index in [4.69, 9.17) is 22.1 Å². The molecule has 0 fully saturated rings. The summed E-state index contributed by atoms with van der Waals surface area (Å²) in [6, 6.07) is 18.3. The summed E-state index contributed by atoms with van der Waals surface area (Å²) in [4.78, 5) is 18.8. The molecule has 6 heteroatoms. The number of ketones is 1. The van der Waals surface area contributed by atoms with Crippen molar-refractivity contribution in [2.45, 2.75) is 0 Å². The molecule has 2 aromatic heterocycles. The van der Waals surface area contributed by atoms with Gasteiger partial charge in [-0.3, -0.25) is 4.79 Å². The summed E-state index contributed by atoms with van der Waals surface area (Å²) >= 11 is 7.26. The number of nitrogen functional groups attached to an aromatic ring is 1. The van der Waals surface area contributed by atoms with Crippen LogP contribution < -0.4 is 10.5 Å². The lowest BCUT2D eigenvalue weighted by molar-refractivity contribution is 0.104. The molecular weight excluding hydrogens is 380 g/mol. The number of fused-ring (bicyclic) bond motifs is 1. The Morgan fingerprint density at radius 1 is 1.04 bits per heavy atom. The van der Waals surface area contributed by atoms with Crippen molar-refractivity contribution < 1.29 is 9.53 Å². The molecule has 0 aliphatic rings. The van der Waals surface area contributed by atoms with Crippen LogP contribution in [-0.2, 0) is 0 Å². The Morgan fingerprint density at radius 3 is 2.41 bits per heavy atom. The second-order valence-corrected chi connectivity index (χ2v) is 7.39. The fraction of sp³-hybridized carbons (Fsp3) is 0.0476. The number of ether oxygens (including phenoxy) is 1. The smallest absolute Gasteiger partial charge is 0.205 e. The van der Waals surface area contributed by atoms with Crippen LogP contribution >= 0.6 is 22.9 Å². The lowest BCUT2D eigenvalue weighted by Crippen LogP contribution is -2.01. The van der Waals surface area contributed by atoms with Gasteiger partial charge in [-0.05, 0) is 48.5 Å². The number of nitrogens with zero attached hydrogens (tertiary/aromatic N) is 1. The van der Waals surface area contributed by atoms with Crippen molar-refractivity contribution in [1.29, 1.82) is 0 Å². The van der Waals surface area contributed by atoms with Gasteiger partial charge in [-0.25, -0.2) is 4.98 Å². The van der Waals surface area contributed by atoms with Crippen LogP contribution in [0.25, 0.3) is 21.5 Å². The van der Waals surface area contributed by atoms with Crippen molar-refractivity contribution in [2.75, 3.05) is 12.8 Å². The van der Waals surface area contributed by atoms with E-state index in [1.165, 1.54) is 11.3 Å². The summed E-state index contributed by atoms with van der Waals surface area (Å²) in [5.74, 6) is 0.580. The fourth-order valence-corrected chi connectivity index (χ4v) is 4.00. The molecule has 27 heavy (non-hydrogen) atoms. The third kappa shape index (κ3) is 3.27. The third-order valence-corrected chi connectivity index (χ3v) is 5.66. The van der Waals surface area contributed by atoms with Gasteiger partial charge in [0.2, 0.25) is 5.78 Å². The highest BCUT2D eigenvalue weighted by Crippen LogP contribution is 2.35. The molecule has 0 bridgehead atoms. The molecule has 0 aliphatic heterocycles. The molecule has 2 N–H and O–H groups in total. The zero-order chi connectivity index (χ0) is 19.0. The Labute approximate surface area is 165 Å². The molecule has 0 saturated carbocycles. The second kappa shape index (κ2) is 7.02. The highest BCUT2D eigenvalue weighted by Gasteiger charge is 2.19. The maximum Gasteiger partial charge on any atom is 0.205 e. The number of aromatic nitrogens is 1. The van der Waals surface area contributed by atoms with Crippen molar-refractivity contribution >= 4 is 44.6 Å². The fourth-order valence-electron chi connectivity index (χ4n) is 2.82. The Morgan fingerprint density at radius 2 is 1.74 bits per heavy atom. The van der Waals surface area contributed by atoms with Crippen molar-refractivity contribution in [3.8, 4) is 17.0 Å². The van der Waals surface area contributed by atoms with Gasteiger partial charge in [0.15, 0.2) is 0 Å². The van der Waals surface area contributed by atoms with E-state index in [1.807, 2.05) is 36.4 Å². The molecular formula is C21H15ClN2O2S. The molecule has 2 aromatic carbocycles. The van der Waals surface area contributed by atoms with Gasteiger partial charge in [-0.2, -0.15) is 0 Å². The highest BCUT2D eigenvalue weighted by molar-refractivity contribution is 7.21. The number of methoxy groups -OCH3 is 1. The molecule has 4 rings (SSSR count). The van der Waals surface area contributed by atoms with E-state index in [0.29, 0.717) is 26.9 Å². The number of benzene rings is 2. The number of hydrogen-bond acceptors (Lipinski definition) is 5. The molecule has 0 amide bonds. The number of pyridine rings is 1. The summed E-state index contributed by atoms with van der Waals surface area (Å²) < 4.78 is 5.14. The average molecular weight is 395 g/mol. The van der Waals surface area contributed by atoms with Gasteiger partial charge < -0.3 is 10.5 Å². The Kier molecular flexibility index (Phi) is 4.56. The predicted molar refractivity (Wildman–Crippen MR) is 111 cm³/mol. The molecule has 134 valence electrons. The number of rotatable bonds is 4. The van der Waals surface area contributed by atoms with Gasteiger partial charge >= 0.3 is 0 Å². The van der Waals surface area contributed by atoms with Crippen LogP contribution in [0.3, 0.4) is 0 Å². The van der Waals surface area contributed by atoms with Crippen LogP contribution in [0.1, 0.15) is 15.2 Å². The number of carbonyl (C=O) groups is 1. The minimum atomic E-state index is -0.119. The lowest BCUT2D eigenvalue weighted by atomic mass is 10.1. The van der Waals surface area contributed by atoms with Gasteiger partial charge in [0.25, 0.3) is 0 Å². The Balaban J connectivity index is 1.74. The molecule has 0 atom stereocenters. The molecule has 0 spiro atoms. The first-order valence-corrected chi connectivity index (χ1v) is 9.40. The first-order chi connectivity index (χ1) is 13.1. The minimum absolute atomic E-state index is 0.119. The van der Waals surface area contributed by atoms with Gasteiger partial charge in [-0.15, -0.1) is 11.3 Å². The number of thiophene rings is 1. The van der Waals surface area contributed by atoms with E-state index in [1.54, 1.807) is 31.4 Å². The van der Waals surface area contributed by atoms with E-state index < -0.39 is 0 Å². The van der Waals surface area contributed by atoms with Crippen molar-refractivity contribution in [3.05, 3.63) is 76.1 Å². The Bertz CT molecular complexity index is 1140. The quantitative estimate of drug-likeness (QED) is 0.468. The predicted octanol–water partition coefficient (Wildman–Crippen LogP) is 5.44. The first kappa shape index (κ1) is 17.5. The molecule has 0 saturated heterocycles. The third-order valence-electron chi connectivity index (χ3n) is 4.29. The first-order valence-electron chi connectivity index (χ1n) is 8.20. The number of nitrogens with two attached hydrogens (primary N) is 1. The summed E-state index contributed by atoms with van der Waals surface area (Å²) in [5, 5.41) is 1.46. The summed E-state index contributed by atoms with van der Waals surface area (Å²) in [6.07, 6.45) is 0. The molecule has 0 aliphatic carbocycles. The van der Waals surface area contributed by atoms with Crippen molar-refractivity contribution in [1.82, 2.24) is 4.98 Å². The maximum absolute atomic E-state index is 12.9. The van der Waals surface area contributed by atoms with Crippen LogP contribution in [-0.4, -0.2) is 17.9 Å². The standard InChI is InChI=1S/C21H15ClN2O2S/c1-26-15-8-4-13(5-9-15)19(25)20-18(23)16-10-11-17(24-21(16)27-20)12-2-6-14(22)7-3-12/h2-11H,23H2,1H3.